The summed E-state index contributed by atoms with van der Waals surface area (Å²) in [7, 11) is 0. The lowest BCUT2D eigenvalue weighted by Crippen LogP contribution is -2.28. The van der Waals surface area contributed by atoms with Gasteiger partial charge in [0.2, 0.25) is 0 Å². The monoisotopic (exact) mass is 532 g/mol. The Bertz CT molecular complexity index is 709. The van der Waals surface area contributed by atoms with Gasteiger partial charge in [-0.25, -0.2) is 0 Å². The van der Waals surface area contributed by atoms with Crippen molar-refractivity contribution in [3.63, 3.8) is 0 Å². The van der Waals surface area contributed by atoms with Crippen LogP contribution in [0.5, 0.6) is 0 Å². The van der Waals surface area contributed by atoms with Crippen molar-refractivity contribution >= 4 is 0 Å². The highest BCUT2D eigenvalue weighted by Crippen LogP contribution is 2.28. The minimum atomic E-state index is 0.542. The molecule has 0 spiro atoms. The van der Waals surface area contributed by atoms with Crippen molar-refractivity contribution < 1.29 is 0 Å². The fourth-order valence-corrected chi connectivity index (χ4v) is 4.76. The van der Waals surface area contributed by atoms with Gasteiger partial charge in [0, 0.05) is 49.3 Å². The number of allylic oxidation sites excluding steroid dienone is 5. The largest absolute Gasteiger partial charge is 0.389 e. The molecule has 1 atom stereocenters. The van der Waals surface area contributed by atoms with E-state index in [-0.39, 0.29) is 0 Å². The fraction of sp³-hybridized carbons (Fsp3) is 0.818. The maximum Gasteiger partial charge on any atom is 0.0181 e. The molecule has 5 rings (SSSR count). The van der Waals surface area contributed by atoms with Gasteiger partial charge in [-0.05, 0) is 117 Å². The highest BCUT2D eigenvalue weighted by atomic mass is 15.0. The molecule has 0 saturated carbocycles. The first kappa shape index (κ1) is 34.6. The molecule has 1 unspecified atom stereocenters. The first-order valence-electron chi connectivity index (χ1n) is 15.4. The maximum atomic E-state index is 3.41. The second kappa shape index (κ2) is 17.3. The van der Waals surface area contributed by atoms with Crippen molar-refractivity contribution in [2.75, 3.05) is 39.3 Å². The lowest BCUT2D eigenvalue weighted by atomic mass is 9.86. The summed E-state index contributed by atoms with van der Waals surface area (Å²) in [5.74, 6) is 0. The average Bonchev–Trinajstić information content (AvgIpc) is 3.54. The van der Waals surface area contributed by atoms with Crippen molar-refractivity contribution in [2.24, 2.45) is 10.8 Å². The summed E-state index contributed by atoms with van der Waals surface area (Å²) < 4.78 is 0. The van der Waals surface area contributed by atoms with Crippen LogP contribution >= 0.6 is 0 Å². The Morgan fingerprint density at radius 1 is 0.579 bits per heavy atom. The molecule has 5 heterocycles. The predicted octanol–water partition coefficient (Wildman–Crippen LogP) is 7.00. The first-order chi connectivity index (χ1) is 17.7. The summed E-state index contributed by atoms with van der Waals surface area (Å²) in [5.41, 5.74) is 9.83. The van der Waals surface area contributed by atoms with Crippen LogP contribution in [0.2, 0.25) is 0 Å². The molecule has 5 aliphatic rings. The molecule has 0 aliphatic carbocycles. The van der Waals surface area contributed by atoms with Crippen molar-refractivity contribution in [1.29, 1.82) is 0 Å². The van der Waals surface area contributed by atoms with Crippen LogP contribution in [0.1, 0.15) is 121 Å². The zero-order valence-corrected chi connectivity index (χ0v) is 27.3. The van der Waals surface area contributed by atoms with Crippen molar-refractivity contribution in [3.05, 3.63) is 33.8 Å². The van der Waals surface area contributed by atoms with Gasteiger partial charge in [-0.1, -0.05) is 44.4 Å². The molecule has 2 saturated heterocycles. The number of hydrogen-bond acceptors (Lipinski definition) is 5. The SMILES string of the molecule is CC1(C)CCNC1.CC1=C(C)NCC1.CC1=C(C)NCCC1.CC1=C(C)NCCC1.CC1NCCC1(C)C. The highest BCUT2D eigenvalue weighted by molar-refractivity contribution is 5.13. The van der Waals surface area contributed by atoms with E-state index in [4.69, 9.17) is 0 Å². The predicted molar refractivity (Wildman–Crippen MR) is 169 cm³/mol. The van der Waals surface area contributed by atoms with Gasteiger partial charge in [0.15, 0.2) is 0 Å². The third-order valence-corrected chi connectivity index (χ3v) is 9.02. The Hall–Kier alpha value is -1.46. The third kappa shape index (κ3) is 14.1. The number of hydrogen-bond donors (Lipinski definition) is 5. The van der Waals surface area contributed by atoms with Crippen LogP contribution in [0.15, 0.2) is 33.8 Å². The van der Waals surface area contributed by atoms with Crippen molar-refractivity contribution in [1.82, 2.24) is 26.6 Å². The molecular formula is C33H65N5. The summed E-state index contributed by atoms with van der Waals surface area (Å²) >= 11 is 0. The Balaban J connectivity index is 0.000000238. The van der Waals surface area contributed by atoms with E-state index >= 15 is 0 Å². The quantitative estimate of drug-likeness (QED) is 0.233. The molecule has 5 N–H and O–H groups in total. The zero-order valence-electron chi connectivity index (χ0n) is 27.3. The molecule has 5 aliphatic heterocycles. The van der Waals surface area contributed by atoms with Crippen LogP contribution in [0.4, 0.5) is 0 Å². The first-order valence-corrected chi connectivity index (χ1v) is 15.4. The van der Waals surface area contributed by atoms with E-state index < -0.39 is 0 Å². The van der Waals surface area contributed by atoms with Crippen molar-refractivity contribution in [3.8, 4) is 0 Å². The molecular weight excluding hydrogens is 466 g/mol. The van der Waals surface area contributed by atoms with Gasteiger partial charge in [0.1, 0.15) is 0 Å². The lowest BCUT2D eigenvalue weighted by Gasteiger charge is -2.21. The van der Waals surface area contributed by atoms with Crippen LogP contribution in [0.3, 0.4) is 0 Å². The summed E-state index contributed by atoms with van der Waals surface area (Å²) in [6, 6.07) is 0.711. The molecule has 0 bridgehead atoms. The molecule has 0 aromatic carbocycles. The van der Waals surface area contributed by atoms with Crippen LogP contribution in [-0.4, -0.2) is 45.3 Å². The summed E-state index contributed by atoms with van der Waals surface area (Å²) in [4.78, 5) is 0. The summed E-state index contributed by atoms with van der Waals surface area (Å²) in [6.45, 7) is 31.6. The van der Waals surface area contributed by atoms with E-state index in [1.165, 1.54) is 111 Å². The van der Waals surface area contributed by atoms with Gasteiger partial charge in [-0.3, -0.25) is 0 Å². The molecule has 2 fully saturated rings. The molecule has 5 heteroatoms. The molecule has 0 amide bonds. The molecule has 0 aromatic rings. The van der Waals surface area contributed by atoms with Crippen LogP contribution < -0.4 is 26.6 Å². The van der Waals surface area contributed by atoms with E-state index in [0.717, 1.165) is 6.54 Å². The third-order valence-electron chi connectivity index (χ3n) is 9.02. The second-order valence-electron chi connectivity index (χ2n) is 13.5. The minimum absolute atomic E-state index is 0.542. The maximum absolute atomic E-state index is 3.41. The lowest BCUT2D eigenvalue weighted by molar-refractivity contribution is 0.332. The zero-order chi connectivity index (χ0) is 28.8. The topological polar surface area (TPSA) is 60.1 Å². The smallest absolute Gasteiger partial charge is 0.0181 e. The van der Waals surface area contributed by atoms with E-state index in [1.807, 2.05) is 0 Å². The molecule has 0 aromatic heterocycles. The average molecular weight is 532 g/mol. The highest BCUT2D eigenvalue weighted by Gasteiger charge is 2.30. The van der Waals surface area contributed by atoms with E-state index in [0.29, 0.717) is 16.9 Å². The van der Waals surface area contributed by atoms with Gasteiger partial charge < -0.3 is 26.6 Å². The van der Waals surface area contributed by atoms with Crippen LogP contribution in [0.25, 0.3) is 0 Å². The molecule has 5 nitrogen and oxygen atoms in total. The van der Waals surface area contributed by atoms with Gasteiger partial charge in [0.05, 0.1) is 0 Å². The molecule has 38 heavy (non-hydrogen) atoms. The van der Waals surface area contributed by atoms with Crippen molar-refractivity contribution in [2.45, 2.75) is 127 Å². The molecule has 222 valence electrons. The fourth-order valence-electron chi connectivity index (χ4n) is 4.76. The van der Waals surface area contributed by atoms with E-state index in [1.54, 1.807) is 0 Å². The standard InChI is InChI=1S/C7H15N.2C7H13N.C6H13N.C6H11N/c1-6-7(2,3)4-5-8-6;2*1-6-4-3-5-8-7(6)2;1-6(2)3-4-7-5-6;1-5-3-4-7-6(5)2/h6,8H,4-5H2,1-3H3;2*8H,3-5H2,1-2H3;7H,3-5H2,1-2H3;7H,3-4H2,1-2H3. The van der Waals surface area contributed by atoms with Gasteiger partial charge in [-0.15, -0.1) is 0 Å². The minimum Gasteiger partial charge on any atom is -0.389 e. The Kier molecular flexibility index (Phi) is 15.7. The normalized spacial score (nSPS) is 25.2. The van der Waals surface area contributed by atoms with Gasteiger partial charge in [-0.2, -0.15) is 0 Å². The van der Waals surface area contributed by atoms with Crippen LogP contribution in [0, 0.1) is 10.8 Å². The molecule has 0 radical (unpaired) electrons. The summed E-state index contributed by atoms with van der Waals surface area (Å²) in [6.07, 6.45) is 9.11. The van der Waals surface area contributed by atoms with E-state index in [2.05, 4.69) is 103 Å². The Labute approximate surface area is 237 Å². The van der Waals surface area contributed by atoms with Gasteiger partial charge in [0.25, 0.3) is 0 Å². The number of nitrogens with one attached hydrogen (secondary N) is 5. The summed E-state index contributed by atoms with van der Waals surface area (Å²) in [5, 5.41) is 16.6. The Morgan fingerprint density at radius 2 is 1.05 bits per heavy atom. The van der Waals surface area contributed by atoms with E-state index in [9.17, 15) is 0 Å². The Morgan fingerprint density at radius 3 is 1.21 bits per heavy atom. The number of rotatable bonds is 0. The van der Waals surface area contributed by atoms with Crippen LogP contribution in [-0.2, 0) is 0 Å². The van der Waals surface area contributed by atoms with Gasteiger partial charge >= 0.3 is 0 Å². The second-order valence-corrected chi connectivity index (χ2v) is 13.5.